The molecule has 0 amide bonds. The fourth-order valence-corrected chi connectivity index (χ4v) is 3.97. The van der Waals surface area contributed by atoms with Crippen molar-refractivity contribution in [1.29, 1.82) is 0 Å². The second kappa shape index (κ2) is 15.2. The lowest BCUT2D eigenvalue weighted by Crippen LogP contribution is -2.19. The average molecular weight is 537 g/mol. The summed E-state index contributed by atoms with van der Waals surface area (Å²) in [6.45, 7) is 19.6. The first-order valence-electron chi connectivity index (χ1n) is 13.6. The highest BCUT2D eigenvalue weighted by molar-refractivity contribution is 5.87. The minimum Gasteiger partial charge on any atom is -0.491 e. The van der Waals surface area contributed by atoms with Crippen LogP contribution in [0.3, 0.4) is 0 Å². The first kappa shape index (κ1) is 31.7. The van der Waals surface area contributed by atoms with Crippen LogP contribution in [0.2, 0.25) is 0 Å². The molecule has 0 aliphatic carbocycles. The van der Waals surface area contributed by atoms with Gasteiger partial charge < -0.3 is 18.9 Å². The van der Waals surface area contributed by atoms with E-state index in [9.17, 15) is 9.59 Å². The van der Waals surface area contributed by atoms with Crippen molar-refractivity contribution in [2.45, 2.75) is 84.8 Å². The maximum Gasteiger partial charge on any atom is 0.333 e. The predicted octanol–water partition coefficient (Wildman–Crippen LogP) is 7.35. The van der Waals surface area contributed by atoms with Gasteiger partial charge in [-0.2, -0.15) is 0 Å². The number of ether oxygens (including phenoxy) is 4. The molecule has 0 aromatic heterocycles. The highest BCUT2D eigenvalue weighted by Gasteiger charge is 2.23. The Morgan fingerprint density at radius 2 is 1.03 bits per heavy atom. The summed E-state index contributed by atoms with van der Waals surface area (Å²) >= 11 is 0. The highest BCUT2D eigenvalue weighted by atomic mass is 16.5. The van der Waals surface area contributed by atoms with Crippen LogP contribution in [-0.2, 0) is 24.5 Å². The Labute approximate surface area is 234 Å². The van der Waals surface area contributed by atoms with E-state index in [4.69, 9.17) is 18.9 Å². The zero-order valence-electron chi connectivity index (χ0n) is 24.4. The summed E-state index contributed by atoms with van der Waals surface area (Å²) in [4.78, 5) is 22.9. The Kier molecular flexibility index (Phi) is 12.3. The van der Waals surface area contributed by atoms with Crippen molar-refractivity contribution < 1.29 is 28.5 Å². The molecule has 6 nitrogen and oxygen atoms in total. The van der Waals surface area contributed by atoms with Gasteiger partial charge in [0.2, 0.25) is 0 Å². The third-order valence-electron chi connectivity index (χ3n) is 6.50. The monoisotopic (exact) mass is 536 g/mol. The standard InChI is InChI=1S/C33H44O6/c1-23(2)31(34)36-21-9-11-25(5)38-29-17-13-27(14-18-29)33(7,8)28-15-19-30(20-16-28)39-26(6)12-10-22-37-32(35)24(3)4/h13-20,25-26H,1,3,9-12,21-22H2,2,4-8H3. The van der Waals surface area contributed by atoms with Crippen LogP contribution in [0.15, 0.2) is 72.8 Å². The number of esters is 2. The second-order valence-electron chi connectivity index (χ2n) is 10.6. The Hall–Kier alpha value is -3.54. The lowest BCUT2D eigenvalue weighted by Gasteiger charge is -2.27. The van der Waals surface area contributed by atoms with Gasteiger partial charge in [0.1, 0.15) is 11.5 Å². The molecule has 0 aliphatic rings. The Bertz CT molecular complexity index is 1010. The van der Waals surface area contributed by atoms with Gasteiger partial charge in [0.05, 0.1) is 25.4 Å². The minimum absolute atomic E-state index is 0.00804. The van der Waals surface area contributed by atoms with Crippen LogP contribution >= 0.6 is 0 Å². The molecule has 0 spiro atoms. The van der Waals surface area contributed by atoms with Crippen molar-refractivity contribution in [2.75, 3.05) is 13.2 Å². The molecule has 212 valence electrons. The van der Waals surface area contributed by atoms with E-state index >= 15 is 0 Å². The smallest absolute Gasteiger partial charge is 0.333 e. The molecule has 0 bridgehead atoms. The molecule has 0 radical (unpaired) electrons. The number of rotatable bonds is 16. The topological polar surface area (TPSA) is 71.1 Å². The van der Waals surface area contributed by atoms with E-state index in [0.717, 1.165) is 37.2 Å². The second-order valence-corrected chi connectivity index (χ2v) is 10.6. The quantitative estimate of drug-likeness (QED) is 0.127. The third-order valence-corrected chi connectivity index (χ3v) is 6.50. The van der Waals surface area contributed by atoms with E-state index in [1.807, 2.05) is 38.1 Å². The van der Waals surface area contributed by atoms with Crippen LogP contribution < -0.4 is 9.47 Å². The van der Waals surface area contributed by atoms with Crippen LogP contribution in [-0.4, -0.2) is 37.4 Å². The van der Waals surface area contributed by atoms with Gasteiger partial charge >= 0.3 is 11.9 Å². The van der Waals surface area contributed by atoms with Gasteiger partial charge in [-0.25, -0.2) is 9.59 Å². The zero-order chi connectivity index (χ0) is 29.0. The van der Waals surface area contributed by atoms with Crippen molar-refractivity contribution in [3.63, 3.8) is 0 Å². The Balaban J connectivity index is 1.84. The van der Waals surface area contributed by atoms with E-state index in [-0.39, 0.29) is 29.6 Å². The molecule has 39 heavy (non-hydrogen) atoms. The summed E-state index contributed by atoms with van der Waals surface area (Å²) in [7, 11) is 0. The van der Waals surface area contributed by atoms with Gasteiger partial charge in [-0.3, -0.25) is 0 Å². The normalized spacial score (nSPS) is 12.7. The molecule has 2 unspecified atom stereocenters. The molecule has 0 saturated heterocycles. The fraction of sp³-hybridized carbons (Fsp3) is 0.455. The molecule has 0 saturated carbocycles. The van der Waals surface area contributed by atoms with Gasteiger partial charge in [-0.1, -0.05) is 51.3 Å². The van der Waals surface area contributed by atoms with E-state index in [1.54, 1.807) is 13.8 Å². The Morgan fingerprint density at radius 1 is 0.692 bits per heavy atom. The van der Waals surface area contributed by atoms with Crippen molar-refractivity contribution in [1.82, 2.24) is 0 Å². The molecule has 0 heterocycles. The first-order chi connectivity index (χ1) is 18.4. The minimum atomic E-state index is -0.353. The maximum atomic E-state index is 11.5. The molecule has 2 rings (SSSR count). The summed E-state index contributed by atoms with van der Waals surface area (Å²) < 4.78 is 22.4. The molecule has 0 aliphatic heterocycles. The summed E-state index contributed by atoms with van der Waals surface area (Å²) in [5.74, 6) is 0.921. The zero-order valence-corrected chi connectivity index (χ0v) is 24.4. The number of carbonyl (C=O) groups is 2. The SMILES string of the molecule is C=C(C)C(=O)OCCCC(C)Oc1ccc(C(C)(C)c2ccc(OC(C)CCCOC(=O)C(=C)C)cc2)cc1. The van der Waals surface area contributed by atoms with Crippen molar-refractivity contribution in [3.05, 3.63) is 84.0 Å². The van der Waals surface area contributed by atoms with Gasteiger partial charge in [-0.05, 0) is 88.8 Å². The molecule has 2 atom stereocenters. The summed E-state index contributed by atoms with van der Waals surface area (Å²) in [6.07, 6.45) is 3.05. The van der Waals surface area contributed by atoms with Crippen LogP contribution in [0.1, 0.15) is 78.4 Å². The van der Waals surface area contributed by atoms with Crippen LogP contribution in [0.4, 0.5) is 0 Å². The molecule has 0 fully saturated rings. The summed E-state index contributed by atoms with van der Waals surface area (Å²) in [5.41, 5.74) is 2.98. The summed E-state index contributed by atoms with van der Waals surface area (Å²) in [6, 6.07) is 16.4. The molecular formula is C33H44O6. The number of hydrogen-bond donors (Lipinski definition) is 0. The van der Waals surface area contributed by atoms with E-state index in [0.29, 0.717) is 24.4 Å². The van der Waals surface area contributed by atoms with Crippen LogP contribution in [0.25, 0.3) is 0 Å². The predicted molar refractivity (Wildman–Crippen MR) is 155 cm³/mol. The van der Waals surface area contributed by atoms with Crippen LogP contribution in [0.5, 0.6) is 11.5 Å². The number of hydrogen-bond acceptors (Lipinski definition) is 6. The van der Waals surface area contributed by atoms with E-state index in [1.165, 1.54) is 11.1 Å². The molecular weight excluding hydrogens is 492 g/mol. The number of carbonyl (C=O) groups excluding carboxylic acids is 2. The molecule has 6 heteroatoms. The average Bonchev–Trinajstić information content (AvgIpc) is 2.89. The lowest BCUT2D eigenvalue weighted by molar-refractivity contribution is -0.140. The molecule has 2 aromatic rings. The molecule has 2 aromatic carbocycles. The van der Waals surface area contributed by atoms with Gasteiger partial charge in [0.25, 0.3) is 0 Å². The van der Waals surface area contributed by atoms with Crippen molar-refractivity contribution in [2.24, 2.45) is 0 Å². The maximum absolute atomic E-state index is 11.5. The van der Waals surface area contributed by atoms with Gasteiger partial charge in [-0.15, -0.1) is 0 Å². The number of benzene rings is 2. The highest BCUT2D eigenvalue weighted by Crippen LogP contribution is 2.33. The van der Waals surface area contributed by atoms with Crippen molar-refractivity contribution in [3.8, 4) is 11.5 Å². The first-order valence-corrected chi connectivity index (χ1v) is 13.6. The largest absolute Gasteiger partial charge is 0.491 e. The summed E-state index contributed by atoms with van der Waals surface area (Å²) in [5, 5.41) is 0. The Morgan fingerprint density at radius 3 is 1.33 bits per heavy atom. The molecule has 0 N–H and O–H groups in total. The van der Waals surface area contributed by atoms with E-state index < -0.39 is 0 Å². The lowest BCUT2D eigenvalue weighted by atomic mass is 9.78. The van der Waals surface area contributed by atoms with Gasteiger partial charge in [0.15, 0.2) is 0 Å². The van der Waals surface area contributed by atoms with Gasteiger partial charge in [0, 0.05) is 16.6 Å². The van der Waals surface area contributed by atoms with E-state index in [2.05, 4.69) is 51.3 Å². The van der Waals surface area contributed by atoms with Crippen LogP contribution in [0, 0.1) is 0 Å². The fourth-order valence-electron chi connectivity index (χ4n) is 3.97. The third kappa shape index (κ3) is 10.6. The van der Waals surface area contributed by atoms with Crippen molar-refractivity contribution >= 4 is 11.9 Å².